The molecule has 3 rings (SSSR count). The van der Waals surface area contributed by atoms with Crippen LogP contribution in [0.1, 0.15) is 25.0 Å². The molecule has 6 nitrogen and oxygen atoms in total. The molecule has 0 unspecified atom stereocenters. The van der Waals surface area contributed by atoms with Crippen LogP contribution in [0, 0.1) is 0 Å². The molecule has 0 radical (unpaired) electrons. The fourth-order valence-electron chi connectivity index (χ4n) is 2.41. The van der Waals surface area contributed by atoms with Gasteiger partial charge in [-0.3, -0.25) is 0 Å². The maximum Gasteiger partial charge on any atom is 0.231 e. The summed E-state index contributed by atoms with van der Waals surface area (Å²) in [5.74, 6) is 2.11. The second kappa shape index (κ2) is 6.76. The summed E-state index contributed by atoms with van der Waals surface area (Å²) >= 11 is 6.00. The molecule has 0 atom stereocenters. The van der Waals surface area contributed by atoms with Gasteiger partial charge in [0.25, 0.3) is 0 Å². The molecule has 1 aliphatic heterocycles. The van der Waals surface area contributed by atoms with E-state index in [0.29, 0.717) is 18.4 Å². The van der Waals surface area contributed by atoms with Crippen LogP contribution in [0.15, 0.2) is 22.8 Å². The van der Waals surface area contributed by atoms with Crippen LogP contribution >= 0.6 is 11.6 Å². The Bertz CT molecular complexity index is 569. The van der Waals surface area contributed by atoms with Crippen molar-refractivity contribution in [1.82, 2.24) is 15.0 Å². The van der Waals surface area contributed by atoms with Crippen molar-refractivity contribution in [2.45, 2.75) is 25.7 Å². The standard InChI is InChI=1S/C14H18ClN5O/c15-12-17-13(16-7-6-11-5-4-10-21-11)19-14(18-12)20-8-2-1-3-9-20/h4-5,10H,1-3,6-9H2,(H,16,17,18,19). The number of hydrogen-bond acceptors (Lipinski definition) is 6. The zero-order valence-corrected chi connectivity index (χ0v) is 12.5. The number of halogens is 1. The molecular formula is C14H18ClN5O. The topological polar surface area (TPSA) is 67.1 Å². The summed E-state index contributed by atoms with van der Waals surface area (Å²) in [4.78, 5) is 15.0. The van der Waals surface area contributed by atoms with E-state index in [2.05, 4.69) is 25.2 Å². The van der Waals surface area contributed by atoms with Crippen LogP contribution in [0.25, 0.3) is 0 Å². The minimum Gasteiger partial charge on any atom is -0.469 e. The van der Waals surface area contributed by atoms with Gasteiger partial charge in [-0.15, -0.1) is 0 Å². The Morgan fingerprint density at radius 2 is 2.05 bits per heavy atom. The van der Waals surface area contributed by atoms with Gasteiger partial charge in [0, 0.05) is 26.1 Å². The van der Waals surface area contributed by atoms with Crippen molar-refractivity contribution in [3.63, 3.8) is 0 Å². The molecule has 2 aromatic rings. The summed E-state index contributed by atoms with van der Waals surface area (Å²) in [6, 6.07) is 3.82. The number of nitrogens with zero attached hydrogens (tertiary/aromatic N) is 4. The van der Waals surface area contributed by atoms with E-state index >= 15 is 0 Å². The number of aromatic nitrogens is 3. The lowest BCUT2D eigenvalue weighted by Gasteiger charge is -2.26. The second-order valence-electron chi connectivity index (χ2n) is 5.03. The Labute approximate surface area is 128 Å². The summed E-state index contributed by atoms with van der Waals surface area (Å²) in [7, 11) is 0. The summed E-state index contributed by atoms with van der Waals surface area (Å²) < 4.78 is 5.29. The molecule has 1 aliphatic rings. The van der Waals surface area contributed by atoms with Crippen LogP contribution in [0.4, 0.5) is 11.9 Å². The molecule has 0 spiro atoms. The average molecular weight is 308 g/mol. The predicted molar refractivity (Wildman–Crippen MR) is 81.8 cm³/mol. The summed E-state index contributed by atoms with van der Waals surface area (Å²) in [5.41, 5.74) is 0. The van der Waals surface area contributed by atoms with Gasteiger partial charge in [0.2, 0.25) is 17.2 Å². The monoisotopic (exact) mass is 307 g/mol. The van der Waals surface area contributed by atoms with Gasteiger partial charge in [-0.1, -0.05) is 0 Å². The average Bonchev–Trinajstić information content (AvgIpc) is 3.01. The lowest BCUT2D eigenvalue weighted by molar-refractivity contribution is 0.512. The van der Waals surface area contributed by atoms with E-state index in [1.165, 1.54) is 19.3 Å². The van der Waals surface area contributed by atoms with Gasteiger partial charge in [-0.25, -0.2) is 0 Å². The van der Waals surface area contributed by atoms with Crippen LogP contribution in [0.5, 0.6) is 0 Å². The Morgan fingerprint density at radius 3 is 2.81 bits per heavy atom. The quantitative estimate of drug-likeness (QED) is 0.916. The van der Waals surface area contributed by atoms with Crippen LogP contribution in [-0.4, -0.2) is 34.6 Å². The molecule has 0 aliphatic carbocycles. The van der Waals surface area contributed by atoms with E-state index in [4.69, 9.17) is 16.0 Å². The number of furan rings is 1. The zero-order valence-electron chi connectivity index (χ0n) is 11.8. The summed E-state index contributed by atoms with van der Waals surface area (Å²) in [6.07, 6.45) is 6.05. The number of hydrogen-bond donors (Lipinski definition) is 1. The fraction of sp³-hybridized carbons (Fsp3) is 0.500. The van der Waals surface area contributed by atoms with E-state index in [-0.39, 0.29) is 5.28 Å². The molecule has 3 heterocycles. The van der Waals surface area contributed by atoms with Crippen molar-refractivity contribution in [2.75, 3.05) is 29.9 Å². The molecule has 0 aromatic carbocycles. The first-order valence-electron chi connectivity index (χ1n) is 7.24. The highest BCUT2D eigenvalue weighted by Gasteiger charge is 2.15. The lowest BCUT2D eigenvalue weighted by Crippen LogP contribution is -2.31. The molecule has 7 heteroatoms. The maximum absolute atomic E-state index is 6.00. The third kappa shape index (κ3) is 3.85. The summed E-state index contributed by atoms with van der Waals surface area (Å²) in [5, 5.41) is 3.40. The minimum atomic E-state index is 0.228. The van der Waals surface area contributed by atoms with Crippen molar-refractivity contribution in [1.29, 1.82) is 0 Å². The smallest absolute Gasteiger partial charge is 0.231 e. The second-order valence-corrected chi connectivity index (χ2v) is 5.37. The van der Waals surface area contributed by atoms with Gasteiger partial charge in [0.1, 0.15) is 5.76 Å². The van der Waals surface area contributed by atoms with Crippen molar-refractivity contribution in [2.24, 2.45) is 0 Å². The molecule has 1 saturated heterocycles. The highest BCUT2D eigenvalue weighted by Crippen LogP contribution is 2.18. The number of anilines is 2. The largest absolute Gasteiger partial charge is 0.469 e. The Morgan fingerprint density at radius 1 is 1.19 bits per heavy atom. The van der Waals surface area contributed by atoms with E-state index in [9.17, 15) is 0 Å². The zero-order chi connectivity index (χ0) is 14.5. The molecule has 2 aromatic heterocycles. The summed E-state index contributed by atoms with van der Waals surface area (Å²) in [6.45, 7) is 2.64. The normalized spacial score (nSPS) is 15.2. The van der Waals surface area contributed by atoms with Gasteiger partial charge >= 0.3 is 0 Å². The Balaban J connectivity index is 1.63. The van der Waals surface area contributed by atoms with Gasteiger partial charge in [-0.2, -0.15) is 15.0 Å². The third-order valence-electron chi connectivity index (χ3n) is 3.47. The van der Waals surface area contributed by atoms with E-state index in [1.54, 1.807) is 6.26 Å². The highest BCUT2D eigenvalue weighted by atomic mass is 35.5. The Kier molecular flexibility index (Phi) is 4.55. The van der Waals surface area contributed by atoms with Crippen LogP contribution < -0.4 is 10.2 Å². The third-order valence-corrected chi connectivity index (χ3v) is 3.64. The number of nitrogens with one attached hydrogen (secondary N) is 1. The van der Waals surface area contributed by atoms with Crippen LogP contribution in [-0.2, 0) is 6.42 Å². The number of piperidine rings is 1. The first kappa shape index (κ1) is 14.1. The number of rotatable bonds is 5. The van der Waals surface area contributed by atoms with Gasteiger partial charge in [0.15, 0.2) is 0 Å². The van der Waals surface area contributed by atoms with Gasteiger partial charge in [-0.05, 0) is 43.0 Å². The highest BCUT2D eigenvalue weighted by molar-refractivity contribution is 6.28. The van der Waals surface area contributed by atoms with E-state index < -0.39 is 0 Å². The fourth-order valence-corrected chi connectivity index (χ4v) is 2.56. The lowest BCUT2D eigenvalue weighted by atomic mass is 10.1. The van der Waals surface area contributed by atoms with Crippen LogP contribution in [0.2, 0.25) is 5.28 Å². The predicted octanol–water partition coefficient (Wildman–Crippen LogP) is 2.76. The first-order chi connectivity index (χ1) is 10.3. The van der Waals surface area contributed by atoms with Crippen molar-refractivity contribution >= 4 is 23.5 Å². The molecule has 112 valence electrons. The first-order valence-corrected chi connectivity index (χ1v) is 7.62. The van der Waals surface area contributed by atoms with Crippen molar-refractivity contribution in [3.05, 3.63) is 29.4 Å². The van der Waals surface area contributed by atoms with Crippen LogP contribution in [0.3, 0.4) is 0 Å². The van der Waals surface area contributed by atoms with E-state index in [0.717, 1.165) is 25.3 Å². The molecular weight excluding hydrogens is 290 g/mol. The van der Waals surface area contributed by atoms with E-state index in [1.807, 2.05) is 12.1 Å². The Hall–Kier alpha value is -1.82. The molecule has 0 amide bonds. The minimum absolute atomic E-state index is 0.228. The molecule has 1 fully saturated rings. The van der Waals surface area contributed by atoms with Gasteiger partial charge < -0.3 is 14.6 Å². The van der Waals surface area contributed by atoms with Gasteiger partial charge in [0.05, 0.1) is 6.26 Å². The maximum atomic E-state index is 6.00. The SMILES string of the molecule is Clc1nc(NCCc2ccco2)nc(N2CCCCC2)n1. The molecule has 0 saturated carbocycles. The van der Waals surface area contributed by atoms with Crippen molar-refractivity contribution < 1.29 is 4.42 Å². The molecule has 0 bridgehead atoms. The van der Waals surface area contributed by atoms with Crippen molar-refractivity contribution in [3.8, 4) is 0 Å². The molecule has 1 N–H and O–H groups in total. The molecule has 21 heavy (non-hydrogen) atoms.